The van der Waals surface area contributed by atoms with E-state index in [9.17, 15) is 21.2 Å². The summed E-state index contributed by atoms with van der Waals surface area (Å²) >= 11 is 0. The van der Waals surface area contributed by atoms with Gasteiger partial charge in [0.15, 0.2) is 0 Å². The molecule has 1 aliphatic carbocycles. The molecule has 30 heavy (non-hydrogen) atoms. The number of hydrogen-bond acceptors (Lipinski definition) is 5. The highest BCUT2D eigenvalue weighted by Gasteiger charge is 2.28. The van der Waals surface area contributed by atoms with Gasteiger partial charge in [-0.25, -0.2) is 35.7 Å². The number of benzene rings is 2. The van der Waals surface area contributed by atoms with E-state index in [2.05, 4.69) is 14.4 Å². The van der Waals surface area contributed by atoms with Gasteiger partial charge < -0.3 is 4.57 Å². The quantitative estimate of drug-likeness (QED) is 0.545. The van der Waals surface area contributed by atoms with E-state index in [0.717, 1.165) is 12.8 Å². The van der Waals surface area contributed by atoms with Crippen LogP contribution in [0.2, 0.25) is 0 Å². The molecule has 0 radical (unpaired) electrons. The maximum absolute atomic E-state index is 14.3. The summed E-state index contributed by atoms with van der Waals surface area (Å²) < 4.78 is 70.1. The van der Waals surface area contributed by atoms with Crippen LogP contribution in [-0.4, -0.2) is 32.4 Å². The normalized spacial score (nSPS) is 14.7. The molecule has 1 heterocycles. The van der Waals surface area contributed by atoms with E-state index in [4.69, 9.17) is 0 Å². The van der Waals surface area contributed by atoms with Gasteiger partial charge >= 0.3 is 0 Å². The lowest BCUT2D eigenvalue weighted by Gasteiger charge is -2.10. The van der Waals surface area contributed by atoms with Crippen molar-refractivity contribution in [1.82, 2.24) is 19.0 Å². The zero-order chi connectivity index (χ0) is 21.4. The molecule has 1 aliphatic rings. The Hall–Kier alpha value is -2.60. The molecule has 0 spiro atoms. The number of hydrogen-bond donors (Lipinski definition) is 2. The van der Waals surface area contributed by atoms with E-state index in [1.54, 1.807) is 12.3 Å². The topological polar surface area (TPSA) is 110 Å². The molecule has 1 aromatic heterocycles. The van der Waals surface area contributed by atoms with Crippen LogP contribution in [0.15, 0.2) is 71.0 Å². The van der Waals surface area contributed by atoms with Gasteiger partial charge in [-0.1, -0.05) is 6.07 Å². The fraction of sp³-hybridized carbons (Fsp3) is 0.211. The monoisotopic (exact) mass is 450 g/mol. The van der Waals surface area contributed by atoms with Crippen LogP contribution < -0.4 is 9.44 Å². The summed E-state index contributed by atoms with van der Waals surface area (Å²) in [5, 5.41) is 0. The summed E-state index contributed by atoms with van der Waals surface area (Å²) in [6, 6.07) is 9.31. The molecule has 1 fully saturated rings. The first-order valence-electron chi connectivity index (χ1n) is 9.13. The molecular weight excluding hydrogens is 431 g/mol. The van der Waals surface area contributed by atoms with Crippen molar-refractivity contribution in [2.24, 2.45) is 0 Å². The van der Waals surface area contributed by atoms with Crippen LogP contribution >= 0.6 is 0 Å². The van der Waals surface area contributed by atoms with Gasteiger partial charge in [-0.2, -0.15) is 0 Å². The molecule has 2 aromatic carbocycles. The third-order valence-corrected chi connectivity index (χ3v) is 7.56. The van der Waals surface area contributed by atoms with Crippen LogP contribution in [0.3, 0.4) is 0 Å². The SMILES string of the molecule is O=S(=O)(NCc1ccc(-n2ccnc2)c(F)c1)c1ccc(S(=O)(=O)NC2CC2)cc1. The highest BCUT2D eigenvalue weighted by molar-refractivity contribution is 7.90. The summed E-state index contributed by atoms with van der Waals surface area (Å²) in [6.07, 6.45) is 6.20. The van der Waals surface area contributed by atoms with Gasteiger partial charge in [-0.3, -0.25) is 0 Å². The second kappa shape index (κ2) is 7.91. The largest absolute Gasteiger partial charge is 0.303 e. The van der Waals surface area contributed by atoms with Gasteiger partial charge in [0.1, 0.15) is 5.82 Å². The predicted octanol–water partition coefficient (Wildman–Crippen LogP) is 1.93. The van der Waals surface area contributed by atoms with Crippen LogP contribution in [0.5, 0.6) is 0 Å². The Morgan fingerprint density at radius 3 is 2.23 bits per heavy atom. The van der Waals surface area contributed by atoms with Crippen molar-refractivity contribution in [1.29, 1.82) is 0 Å². The summed E-state index contributed by atoms with van der Waals surface area (Å²) in [5.41, 5.74) is 0.739. The predicted molar refractivity (Wildman–Crippen MR) is 107 cm³/mol. The molecule has 11 heteroatoms. The fourth-order valence-corrected chi connectivity index (χ4v) is 5.14. The highest BCUT2D eigenvalue weighted by atomic mass is 32.2. The van der Waals surface area contributed by atoms with Gasteiger partial charge in [-0.05, 0) is 54.8 Å². The zero-order valence-electron chi connectivity index (χ0n) is 15.7. The standard InChI is InChI=1S/C19H19FN4O4S2/c20-18-11-14(1-8-19(18)24-10-9-21-13-24)12-22-29(25,26)16-4-6-17(7-5-16)30(27,28)23-15-2-3-15/h1,4-11,13,15,22-23H,2-3,12H2. The number of halogens is 1. The lowest BCUT2D eigenvalue weighted by atomic mass is 10.2. The van der Waals surface area contributed by atoms with Crippen molar-refractivity contribution in [3.63, 3.8) is 0 Å². The van der Waals surface area contributed by atoms with E-state index in [1.165, 1.54) is 53.5 Å². The summed E-state index contributed by atoms with van der Waals surface area (Å²) in [7, 11) is -7.56. The third-order valence-electron chi connectivity index (χ3n) is 4.60. The van der Waals surface area contributed by atoms with E-state index in [0.29, 0.717) is 11.3 Å². The van der Waals surface area contributed by atoms with Crippen molar-refractivity contribution in [3.05, 3.63) is 72.6 Å². The molecule has 8 nitrogen and oxygen atoms in total. The van der Waals surface area contributed by atoms with Crippen LogP contribution in [0.4, 0.5) is 4.39 Å². The lowest BCUT2D eigenvalue weighted by Crippen LogP contribution is -2.26. The molecule has 0 saturated heterocycles. The summed E-state index contributed by atoms with van der Waals surface area (Å²) in [4.78, 5) is 3.79. The number of aromatic nitrogens is 2. The minimum Gasteiger partial charge on any atom is -0.303 e. The lowest BCUT2D eigenvalue weighted by molar-refractivity contribution is 0.576. The van der Waals surface area contributed by atoms with Gasteiger partial charge in [0.25, 0.3) is 0 Å². The van der Waals surface area contributed by atoms with E-state index >= 15 is 0 Å². The first-order valence-corrected chi connectivity index (χ1v) is 12.1. The number of nitrogens with zero attached hydrogens (tertiary/aromatic N) is 2. The maximum atomic E-state index is 14.3. The van der Waals surface area contributed by atoms with Gasteiger partial charge in [0.2, 0.25) is 20.0 Å². The highest BCUT2D eigenvalue weighted by Crippen LogP contribution is 2.23. The van der Waals surface area contributed by atoms with Crippen LogP contribution in [0.25, 0.3) is 5.69 Å². The van der Waals surface area contributed by atoms with Crippen LogP contribution in [0.1, 0.15) is 18.4 Å². The van der Waals surface area contributed by atoms with Crippen molar-refractivity contribution in [2.75, 3.05) is 0 Å². The average Bonchev–Trinajstić information content (AvgIpc) is 3.34. The third kappa shape index (κ3) is 4.59. The van der Waals surface area contributed by atoms with Gasteiger partial charge in [-0.15, -0.1) is 0 Å². The van der Waals surface area contributed by atoms with Crippen molar-refractivity contribution < 1.29 is 21.2 Å². The smallest absolute Gasteiger partial charge is 0.240 e. The Balaban J connectivity index is 1.45. The Morgan fingerprint density at radius 1 is 1.00 bits per heavy atom. The minimum atomic E-state index is -3.90. The Kier molecular flexibility index (Phi) is 5.45. The molecule has 4 rings (SSSR count). The number of imidazole rings is 1. The van der Waals surface area contributed by atoms with E-state index < -0.39 is 25.9 Å². The first kappa shape index (κ1) is 20.7. The Labute approximate surface area is 173 Å². The molecule has 3 aromatic rings. The zero-order valence-corrected chi connectivity index (χ0v) is 17.3. The molecule has 158 valence electrons. The molecule has 0 amide bonds. The van der Waals surface area contributed by atoms with Crippen molar-refractivity contribution in [2.45, 2.75) is 35.2 Å². The Morgan fingerprint density at radius 2 is 1.67 bits per heavy atom. The maximum Gasteiger partial charge on any atom is 0.240 e. The number of rotatable bonds is 8. The number of nitrogens with one attached hydrogen (secondary N) is 2. The second-order valence-electron chi connectivity index (χ2n) is 6.95. The summed E-state index contributed by atoms with van der Waals surface area (Å²) in [5.74, 6) is -0.512. The fourth-order valence-electron chi connectivity index (χ4n) is 2.82. The average molecular weight is 451 g/mol. The molecule has 0 atom stereocenters. The first-order chi connectivity index (χ1) is 14.2. The van der Waals surface area contributed by atoms with E-state index in [-0.39, 0.29) is 22.4 Å². The molecule has 0 aliphatic heterocycles. The van der Waals surface area contributed by atoms with Crippen LogP contribution in [-0.2, 0) is 26.6 Å². The molecule has 1 saturated carbocycles. The Bertz CT molecular complexity index is 1250. The molecular formula is C19H19FN4O4S2. The van der Waals surface area contributed by atoms with Crippen molar-refractivity contribution >= 4 is 20.0 Å². The molecule has 0 bridgehead atoms. The molecule has 2 N–H and O–H groups in total. The van der Waals surface area contributed by atoms with Crippen LogP contribution in [0, 0.1) is 5.82 Å². The minimum absolute atomic E-state index is 0.00510. The van der Waals surface area contributed by atoms with Gasteiger partial charge in [0, 0.05) is 25.0 Å². The number of sulfonamides is 2. The van der Waals surface area contributed by atoms with Crippen molar-refractivity contribution in [3.8, 4) is 5.69 Å². The summed E-state index contributed by atoms with van der Waals surface area (Å²) in [6.45, 7) is -0.118. The molecule has 0 unspecified atom stereocenters. The van der Waals surface area contributed by atoms with E-state index in [1.807, 2.05) is 0 Å². The second-order valence-corrected chi connectivity index (χ2v) is 10.4. The van der Waals surface area contributed by atoms with Gasteiger partial charge in [0.05, 0.1) is 21.8 Å².